The first-order chi connectivity index (χ1) is 18.6. The molecule has 0 unspecified atom stereocenters. The topological polar surface area (TPSA) is 92.1 Å². The SMILES string of the molecule is CN(C(=O)OC(C)(C)C)c1ccc(-c2cnc3nc(-c4cc(NC(=O)N5CCCC5)ccc4Cl)cn3c2)cc1. The van der Waals surface area contributed by atoms with Gasteiger partial charge in [-0.2, -0.15) is 0 Å². The number of fused-ring (bicyclic) bond motifs is 1. The van der Waals surface area contributed by atoms with Crippen molar-refractivity contribution in [1.82, 2.24) is 19.3 Å². The van der Waals surface area contributed by atoms with Crippen molar-refractivity contribution in [3.63, 3.8) is 0 Å². The average molecular weight is 547 g/mol. The van der Waals surface area contributed by atoms with Crippen LogP contribution in [0.2, 0.25) is 5.02 Å². The monoisotopic (exact) mass is 546 g/mol. The molecule has 10 heteroatoms. The molecule has 0 radical (unpaired) electrons. The van der Waals surface area contributed by atoms with E-state index in [0.29, 0.717) is 27.7 Å². The zero-order chi connectivity index (χ0) is 27.7. The van der Waals surface area contributed by atoms with Crippen molar-refractivity contribution >= 4 is 40.9 Å². The van der Waals surface area contributed by atoms with Gasteiger partial charge in [0.25, 0.3) is 0 Å². The molecule has 202 valence electrons. The summed E-state index contributed by atoms with van der Waals surface area (Å²) in [6.07, 6.45) is 7.21. The fraction of sp³-hybridized carbons (Fsp3) is 0.310. The van der Waals surface area contributed by atoms with E-state index < -0.39 is 11.7 Å². The molecule has 3 amide bonds. The Morgan fingerprint density at radius 3 is 2.44 bits per heavy atom. The van der Waals surface area contributed by atoms with Crippen molar-refractivity contribution in [3.05, 3.63) is 66.1 Å². The minimum absolute atomic E-state index is 0.106. The number of urea groups is 1. The number of carbonyl (C=O) groups excluding carboxylic acids is 2. The molecule has 0 aliphatic carbocycles. The highest BCUT2D eigenvalue weighted by molar-refractivity contribution is 6.33. The normalized spacial score (nSPS) is 13.5. The molecule has 1 aliphatic heterocycles. The van der Waals surface area contributed by atoms with Crippen LogP contribution in [0.5, 0.6) is 0 Å². The van der Waals surface area contributed by atoms with E-state index >= 15 is 0 Å². The summed E-state index contributed by atoms with van der Waals surface area (Å²) in [7, 11) is 1.68. The van der Waals surface area contributed by atoms with Crippen molar-refractivity contribution in [1.29, 1.82) is 0 Å². The molecule has 0 atom stereocenters. The first-order valence-corrected chi connectivity index (χ1v) is 13.2. The predicted molar refractivity (Wildman–Crippen MR) is 153 cm³/mol. The van der Waals surface area contributed by atoms with Crippen LogP contribution in [0, 0.1) is 0 Å². The number of carbonyl (C=O) groups is 2. The van der Waals surface area contributed by atoms with Crippen LogP contribution >= 0.6 is 11.6 Å². The van der Waals surface area contributed by atoms with Crippen molar-refractivity contribution in [3.8, 4) is 22.4 Å². The van der Waals surface area contributed by atoms with Gasteiger partial charge in [0, 0.05) is 61.2 Å². The van der Waals surface area contributed by atoms with Crippen LogP contribution in [0.15, 0.2) is 61.1 Å². The number of nitrogens with one attached hydrogen (secondary N) is 1. The van der Waals surface area contributed by atoms with E-state index in [4.69, 9.17) is 16.3 Å². The molecular formula is C29H31ClN6O3. The van der Waals surface area contributed by atoms with Crippen molar-refractivity contribution in [2.24, 2.45) is 0 Å². The zero-order valence-electron chi connectivity index (χ0n) is 22.4. The Morgan fingerprint density at radius 2 is 1.74 bits per heavy atom. The van der Waals surface area contributed by atoms with Crippen molar-refractivity contribution < 1.29 is 14.3 Å². The number of aromatic nitrogens is 3. The maximum atomic E-state index is 12.5. The maximum absolute atomic E-state index is 12.5. The fourth-order valence-corrected chi connectivity index (χ4v) is 4.61. The Kier molecular flexibility index (Phi) is 7.18. The van der Waals surface area contributed by atoms with E-state index in [-0.39, 0.29) is 6.03 Å². The first-order valence-electron chi connectivity index (χ1n) is 12.9. The van der Waals surface area contributed by atoms with Gasteiger partial charge in [-0.1, -0.05) is 23.7 Å². The quantitative estimate of drug-likeness (QED) is 0.307. The highest BCUT2D eigenvalue weighted by atomic mass is 35.5. The molecule has 1 N–H and O–H groups in total. The van der Waals surface area contributed by atoms with Gasteiger partial charge in [-0.15, -0.1) is 0 Å². The van der Waals surface area contributed by atoms with Crippen LogP contribution in [-0.4, -0.2) is 57.1 Å². The minimum Gasteiger partial charge on any atom is -0.443 e. The predicted octanol–water partition coefficient (Wildman–Crippen LogP) is 6.72. The number of hydrogen-bond donors (Lipinski definition) is 1. The lowest BCUT2D eigenvalue weighted by Gasteiger charge is -2.24. The number of likely N-dealkylation sites (tertiary alicyclic amines) is 1. The van der Waals surface area contributed by atoms with Gasteiger partial charge in [-0.05, 0) is 69.5 Å². The summed E-state index contributed by atoms with van der Waals surface area (Å²) in [5, 5.41) is 3.49. The summed E-state index contributed by atoms with van der Waals surface area (Å²) >= 11 is 6.52. The van der Waals surface area contributed by atoms with Gasteiger partial charge < -0.3 is 15.0 Å². The second-order valence-electron chi connectivity index (χ2n) is 10.6. The second-order valence-corrected chi connectivity index (χ2v) is 11.0. The van der Waals surface area contributed by atoms with Crippen LogP contribution in [0.4, 0.5) is 21.0 Å². The highest BCUT2D eigenvalue weighted by Crippen LogP contribution is 2.31. The van der Waals surface area contributed by atoms with Crippen LogP contribution in [0.25, 0.3) is 28.2 Å². The zero-order valence-corrected chi connectivity index (χ0v) is 23.2. The Morgan fingerprint density at radius 1 is 1.03 bits per heavy atom. The van der Waals surface area contributed by atoms with Gasteiger partial charge in [0.2, 0.25) is 5.78 Å². The number of benzene rings is 2. The summed E-state index contributed by atoms with van der Waals surface area (Å²) in [5.41, 5.74) is 3.99. The van der Waals surface area contributed by atoms with Gasteiger partial charge in [0.15, 0.2) is 0 Å². The van der Waals surface area contributed by atoms with Gasteiger partial charge >= 0.3 is 12.1 Å². The molecule has 2 aromatic heterocycles. The molecule has 1 aliphatic rings. The summed E-state index contributed by atoms with van der Waals surface area (Å²) in [6.45, 7) is 7.06. The maximum Gasteiger partial charge on any atom is 0.414 e. The first kappa shape index (κ1) is 26.5. The van der Waals surface area contributed by atoms with Crippen LogP contribution in [-0.2, 0) is 4.74 Å². The van der Waals surface area contributed by atoms with Gasteiger partial charge in [-0.3, -0.25) is 9.30 Å². The smallest absolute Gasteiger partial charge is 0.414 e. The Balaban J connectivity index is 1.36. The lowest BCUT2D eigenvalue weighted by molar-refractivity contribution is 0.0589. The summed E-state index contributed by atoms with van der Waals surface area (Å²) < 4.78 is 7.29. The molecular weight excluding hydrogens is 516 g/mol. The Labute approximate surface area is 232 Å². The van der Waals surface area contributed by atoms with E-state index in [1.165, 1.54) is 4.90 Å². The third-order valence-electron chi connectivity index (χ3n) is 6.45. The molecule has 2 aromatic carbocycles. The number of rotatable bonds is 4. The number of ether oxygens (including phenoxy) is 1. The Hall–Kier alpha value is -4.11. The standard InChI is InChI=1S/C29H31ClN6O3/c1-29(2,3)39-28(38)34(4)22-10-7-19(8-11-22)20-16-31-26-33-25(18-36(26)17-20)23-15-21(9-12-24(23)30)32-27(37)35-13-5-6-14-35/h7-12,15-18H,5-6,13-14H2,1-4H3,(H,32,37). The lowest BCUT2D eigenvalue weighted by atomic mass is 10.1. The summed E-state index contributed by atoms with van der Waals surface area (Å²) in [4.78, 5) is 37.4. The third kappa shape index (κ3) is 5.98. The number of hydrogen-bond acceptors (Lipinski definition) is 5. The summed E-state index contributed by atoms with van der Waals surface area (Å²) in [5.74, 6) is 0.526. The number of imidazole rings is 1. The molecule has 1 fully saturated rings. The van der Waals surface area contributed by atoms with Crippen LogP contribution in [0.3, 0.4) is 0 Å². The number of amides is 3. The Bertz CT molecular complexity index is 1520. The molecule has 4 aromatic rings. The van der Waals surface area contributed by atoms with Crippen molar-refractivity contribution in [2.75, 3.05) is 30.4 Å². The molecule has 3 heterocycles. The van der Waals surface area contributed by atoms with Gasteiger partial charge in [0.1, 0.15) is 5.60 Å². The number of halogens is 1. The molecule has 0 bridgehead atoms. The molecule has 0 saturated carbocycles. The van der Waals surface area contributed by atoms with E-state index in [2.05, 4.69) is 15.3 Å². The van der Waals surface area contributed by atoms with E-state index in [0.717, 1.165) is 42.7 Å². The fourth-order valence-electron chi connectivity index (χ4n) is 4.40. The minimum atomic E-state index is -0.566. The van der Waals surface area contributed by atoms with Crippen LogP contribution in [0.1, 0.15) is 33.6 Å². The van der Waals surface area contributed by atoms with Gasteiger partial charge in [0.05, 0.1) is 10.7 Å². The molecule has 5 rings (SSSR count). The van der Waals surface area contributed by atoms with E-state index in [1.807, 2.05) is 72.8 Å². The average Bonchev–Trinajstić information content (AvgIpc) is 3.58. The van der Waals surface area contributed by atoms with Crippen LogP contribution < -0.4 is 10.2 Å². The number of nitrogens with zero attached hydrogens (tertiary/aromatic N) is 5. The second kappa shape index (κ2) is 10.6. The lowest BCUT2D eigenvalue weighted by Crippen LogP contribution is -2.34. The highest BCUT2D eigenvalue weighted by Gasteiger charge is 2.21. The molecule has 1 saturated heterocycles. The molecule has 0 spiro atoms. The van der Waals surface area contributed by atoms with Crippen molar-refractivity contribution in [2.45, 2.75) is 39.2 Å². The third-order valence-corrected chi connectivity index (χ3v) is 6.78. The van der Waals surface area contributed by atoms with E-state index in [1.54, 1.807) is 25.4 Å². The summed E-state index contributed by atoms with van der Waals surface area (Å²) in [6, 6.07) is 12.9. The molecule has 39 heavy (non-hydrogen) atoms. The van der Waals surface area contributed by atoms with E-state index in [9.17, 15) is 9.59 Å². The molecule has 9 nitrogen and oxygen atoms in total. The van der Waals surface area contributed by atoms with Gasteiger partial charge in [-0.25, -0.2) is 19.6 Å². The largest absolute Gasteiger partial charge is 0.443 e. The number of anilines is 2.